The van der Waals surface area contributed by atoms with E-state index in [2.05, 4.69) is 26.1 Å². The molecule has 132 valence electrons. The molecule has 0 aromatic carbocycles. The second kappa shape index (κ2) is 6.73. The fourth-order valence-corrected chi connectivity index (χ4v) is 2.93. The zero-order valence-corrected chi connectivity index (χ0v) is 14.6. The molecule has 4 aromatic rings. The van der Waals surface area contributed by atoms with Gasteiger partial charge in [0.25, 0.3) is 0 Å². The number of rotatable bonds is 5. The van der Waals surface area contributed by atoms with Crippen LogP contribution in [-0.2, 0) is 7.05 Å². The third-order valence-electron chi connectivity index (χ3n) is 4.25. The van der Waals surface area contributed by atoms with Crippen LogP contribution in [0.25, 0.3) is 33.1 Å². The molecule has 0 saturated heterocycles. The highest BCUT2D eigenvalue weighted by Gasteiger charge is 2.18. The Morgan fingerprint density at radius 2 is 2.11 bits per heavy atom. The number of aromatic nitrogens is 7. The first kappa shape index (κ1) is 16.5. The van der Waals surface area contributed by atoms with Crippen LogP contribution in [0.3, 0.4) is 0 Å². The second-order valence-electron chi connectivity index (χ2n) is 6.09. The monoisotopic (exact) mass is 357 g/mol. The van der Waals surface area contributed by atoms with Gasteiger partial charge in [-0.25, -0.2) is 16.5 Å². The molecule has 4 aromatic heterocycles. The average Bonchev–Trinajstić information content (AvgIpc) is 3.41. The predicted molar refractivity (Wildman–Crippen MR) is 97.1 cm³/mol. The van der Waals surface area contributed by atoms with E-state index in [-0.39, 0.29) is 19.0 Å². The lowest BCUT2D eigenvalue weighted by atomic mass is 10.2. The van der Waals surface area contributed by atoms with E-state index in [1.54, 1.807) is 28.0 Å². The van der Waals surface area contributed by atoms with Gasteiger partial charge in [-0.1, -0.05) is 0 Å². The maximum Gasteiger partial charge on any atom is 0.237 e. The first-order chi connectivity index (χ1) is 13.2. The highest BCUT2D eigenvalue weighted by atomic mass is 15.3. The van der Waals surface area contributed by atoms with Gasteiger partial charge in [-0.3, -0.25) is 13.8 Å². The molecule has 4 rings (SSSR count). The van der Waals surface area contributed by atoms with Gasteiger partial charge in [0.05, 0.1) is 36.1 Å². The van der Waals surface area contributed by atoms with Crippen LogP contribution in [0, 0.1) is 17.9 Å². The molecule has 0 spiro atoms. The Labute approximate surface area is 155 Å². The van der Waals surface area contributed by atoms with Crippen LogP contribution < -0.4 is 0 Å². The van der Waals surface area contributed by atoms with Crippen LogP contribution in [0.4, 0.5) is 0 Å². The predicted octanol–water partition coefficient (Wildman–Crippen LogP) is 2.37. The molecule has 0 aliphatic carbocycles. The number of nitriles is 1. The first-order valence-electron chi connectivity index (χ1n) is 8.27. The Morgan fingerprint density at radius 3 is 2.85 bits per heavy atom. The Hall–Kier alpha value is -3.98. The summed E-state index contributed by atoms with van der Waals surface area (Å²) in [5.41, 5.74) is 3.21. The SMILES string of the molecule is [C-]#[N+]CC(CC#N)n1cc(-c2nc(-c3cnn(C)c3)cc3nccn23)cn1. The largest absolute Gasteiger partial charge is 0.315 e. The summed E-state index contributed by atoms with van der Waals surface area (Å²) in [7, 11) is 1.86. The van der Waals surface area contributed by atoms with Crippen molar-refractivity contribution >= 4 is 5.65 Å². The van der Waals surface area contributed by atoms with Gasteiger partial charge in [0.2, 0.25) is 6.54 Å². The quantitative estimate of drug-likeness (QED) is 0.511. The average molecular weight is 357 g/mol. The zero-order valence-electron chi connectivity index (χ0n) is 14.6. The van der Waals surface area contributed by atoms with Crippen LogP contribution in [0.5, 0.6) is 0 Å². The van der Waals surface area contributed by atoms with Crippen molar-refractivity contribution in [3.63, 3.8) is 0 Å². The number of nitrogens with zero attached hydrogens (tertiary/aromatic N) is 9. The lowest BCUT2D eigenvalue weighted by Gasteiger charge is -2.08. The van der Waals surface area contributed by atoms with Crippen molar-refractivity contribution in [3.05, 3.63) is 54.7 Å². The minimum Gasteiger partial charge on any atom is -0.315 e. The van der Waals surface area contributed by atoms with Crippen LogP contribution in [0.15, 0.2) is 43.2 Å². The molecule has 27 heavy (non-hydrogen) atoms. The van der Waals surface area contributed by atoms with Crippen molar-refractivity contribution in [2.24, 2.45) is 7.05 Å². The van der Waals surface area contributed by atoms with Gasteiger partial charge >= 0.3 is 0 Å². The zero-order chi connectivity index (χ0) is 18.8. The van der Waals surface area contributed by atoms with E-state index in [0.717, 1.165) is 22.5 Å². The molecule has 0 bridgehead atoms. The van der Waals surface area contributed by atoms with Crippen molar-refractivity contribution in [1.29, 1.82) is 5.26 Å². The lowest BCUT2D eigenvalue weighted by molar-refractivity contribution is 0.490. The van der Waals surface area contributed by atoms with E-state index >= 15 is 0 Å². The second-order valence-corrected chi connectivity index (χ2v) is 6.09. The number of hydrogen-bond acceptors (Lipinski definition) is 5. The van der Waals surface area contributed by atoms with Gasteiger partial charge in [-0.15, -0.1) is 0 Å². The normalized spacial score (nSPS) is 12.0. The fourth-order valence-electron chi connectivity index (χ4n) is 2.93. The molecule has 0 aliphatic heterocycles. The van der Waals surface area contributed by atoms with E-state index in [0.29, 0.717) is 5.82 Å². The maximum absolute atomic E-state index is 9.00. The van der Waals surface area contributed by atoms with Crippen molar-refractivity contribution < 1.29 is 0 Å². The number of imidazole rings is 1. The summed E-state index contributed by atoms with van der Waals surface area (Å²) in [6.45, 7) is 7.29. The molecule has 0 radical (unpaired) electrons. The van der Waals surface area contributed by atoms with Crippen molar-refractivity contribution in [2.45, 2.75) is 12.5 Å². The molecule has 4 heterocycles. The summed E-state index contributed by atoms with van der Waals surface area (Å²) >= 11 is 0. The van der Waals surface area contributed by atoms with Crippen LogP contribution in [-0.4, -0.2) is 40.5 Å². The van der Waals surface area contributed by atoms with Crippen molar-refractivity contribution in [2.75, 3.05) is 6.54 Å². The van der Waals surface area contributed by atoms with Crippen LogP contribution in [0.2, 0.25) is 0 Å². The highest BCUT2D eigenvalue weighted by Crippen LogP contribution is 2.25. The fraction of sp³-hybridized carbons (Fsp3) is 0.222. The van der Waals surface area contributed by atoms with E-state index in [4.69, 9.17) is 16.8 Å². The number of fused-ring (bicyclic) bond motifs is 1. The summed E-state index contributed by atoms with van der Waals surface area (Å²) < 4.78 is 5.27. The Bertz CT molecular complexity index is 1170. The molecule has 0 saturated carbocycles. The Morgan fingerprint density at radius 1 is 1.26 bits per heavy atom. The lowest BCUT2D eigenvalue weighted by Crippen LogP contribution is -2.11. The van der Waals surface area contributed by atoms with Gasteiger partial charge in [0.1, 0.15) is 17.5 Å². The molecule has 1 unspecified atom stereocenters. The van der Waals surface area contributed by atoms with Gasteiger partial charge in [0.15, 0.2) is 0 Å². The highest BCUT2D eigenvalue weighted by molar-refractivity contribution is 5.68. The summed E-state index contributed by atoms with van der Waals surface area (Å²) in [6.07, 6.45) is 11.0. The molecule has 9 nitrogen and oxygen atoms in total. The summed E-state index contributed by atoms with van der Waals surface area (Å²) in [6, 6.07) is 3.74. The van der Waals surface area contributed by atoms with Gasteiger partial charge in [0, 0.05) is 43.5 Å². The van der Waals surface area contributed by atoms with E-state index in [1.165, 1.54) is 0 Å². The van der Waals surface area contributed by atoms with E-state index < -0.39 is 0 Å². The number of hydrogen-bond donors (Lipinski definition) is 0. The van der Waals surface area contributed by atoms with Gasteiger partial charge in [-0.05, 0) is 0 Å². The standard InChI is InChI=1S/C18H15N9/c1-20-10-15(3-4-19)27-12-14(9-23-27)18-24-16(13-8-22-25(2)11-13)7-17-21-5-6-26(17)18/h5-9,11-12,15H,3,10H2,2H3. The van der Waals surface area contributed by atoms with Crippen LogP contribution >= 0.6 is 0 Å². The molecule has 9 heteroatoms. The van der Waals surface area contributed by atoms with Gasteiger partial charge in [-0.2, -0.15) is 15.5 Å². The van der Waals surface area contributed by atoms with Crippen molar-refractivity contribution in [1.82, 2.24) is 33.9 Å². The van der Waals surface area contributed by atoms with Crippen LogP contribution in [0.1, 0.15) is 12.5 Å². The maximum atomic E-state index is 9.00. The summed E-state index contributed by atoms with van der Waals surface area (Å²) in [5.74, 6) is 0.689. The number of aryl methyl sites for hydroxylation is 1. The molecule has 0 N–H and O–H groups in total. The smallest absolute Gasteiger partial charge is 0.237 e. The third-order valence-corrected chi connectivity index (χ3v) is 4.25. The third kappa shape index (κ3) is 3.02. The molecular weight excluding hydrogens is 342 g/mol. The Kier molecular flexibility index (Phi) is 4.11. The van der Waals surface area contributed by atoms with Crippen molar-refractivity contribution in [3.8, 4) is 28.7 Å². The summed E-state index contributed by atoms with van der Waals surface area (Å²) in [4.78, 5) is 12.6. The molecular formula is C18H15N9. The first-order valence-corrected chi connectivity index (χ1v) is 8.27. The van der Waals surface area contributed by atoms with E-state index in [1.807, 2.05) is 36.1 Å². The Balaban J connectivity index is 1.81. The molecule has 0 fully saturated rings. The summed E-state index contributed by atoms with van der Waals surface area (Å²) in [5, 5.41) is 17.6. The van der Waals surface area contributed by atoms with Gasteiger partial charge < -0.3 is 4.85 Å². The minimum absolute atomic E-state index is 0.207. The topological polar surface area (TPSA) is 94.0 Å². The molecule has 1 atom stereocenters. The van der Waals surface area contributed by atoms with E-state index in [9.17, 15) is 0 Å². The molecule has 0 aliphatic rings. The minimum atomic E-state index is -0.277. The molecule has 0 amide bonds.